The van der Waals surface area contributed by atoms with Crippen molar-refractivity contribution in [2.24, 2.45) is 0 Å². The van der Waals surface area contributed by atoms with Gasteiger partial charge < -0.3 is 10.1 Å². The van der Waals surface area contributed by atoms with Gasteiger partial charge in [-0.05, 0) is 35.2 Å². The van der Waals surface area contributed by atoms with E-state index in [1.807, 2.05) is 36.5 Å². The zero-order valence-corrected chi connectivity index (χ0v) is 10.8. The molecule has 1 N–H and O–H groups in total. The molecule has 0 fully saturated rings. The van der Waals surface area contributed by atoms with E-state index >= 15 is 0 Å². The summed E-state index contributed by atoms with van der Waals surface area (Å²) in [5.41, 5.74) is 1.88. The highest BCUT2D eigenvalue weighted by Crippen LogP contribution is 2.20. The molecule has 98 valence electrons. The summed E-state index contributed by atoms with van der Waals surface area (Å²) in [5.74, 6) is 0.757. The number of nitrogens with one attached hydrogen (secondary N) is 1. The van der Waals surface area contributed by atoms with E-state index in [9.17, 15) is 4.79 Å². The Hall–Kier alpha value is -2.75. The van der Waals surface area contributed by atoms with Gasteiger partial charge in [-0.25, -0.2) is 4.98 Å². The highest BCUT2D eigenvalue weighted by atomic mass is 16.1. The summed E-state index contributed by atoms with van der Waals surface area (Å²) < 4.78 is 0. The zero-order chi connectivity index (χ0) is 13.8. The van der Waals surface area contributed by atoms with Gasteiger partial charge in [0.05, 0.1) is 0 Å². The van der Waals surface area contributed by atoms with Gasteiger partial charge in [0.25, 0.3) is 0 Å². The number of aromatic nitrogens is 2. The molecule has 0 saturated heterocycles. The first-order valence-electron chi connectivity index (χ1n) is 6.34. The van der Waals surface area contributed by atoms with Crippen molar-refractivity contribution in [2.75, 3.05) is 5.32 Å². The third-order valence-electron chi connectivity index (χ3n) is 3.06. The highest BCUT2D eigenvalue weighted by molar-refractivity contribution is 5.85. The lowest BCUT2D eigenvalue weighted by Crippen LogP contribution is -1.95. The number of rotatable bonds is 4. The van der Waals surface area contributed by atoms with Crippen molar-refractivity contribution in [1.82, 2.24) is 9.97 Å². The standard InChI is InChI=1S/C16H13N3O/c20-8-6-12-1-4-16(18-10-12)19-15-3-2-14-11-17-7-5-13(14)9-15/h1-5,7-11H,6H2,(H,18,19). The van der Waals surface area contributed by atoms with Crippen molar-refractivity contribution in [3.8, 4) is 0 Å². The molecule has 4 heteroatoms. The van der Waals surface area contributed by atoms with Crippen molar-refractivity contribution < 1.29 is 4.79 Å². The average molecular weight is 263 g/mol. The van der Waals surface area contributed by atoms with Crippen LogP contribution in [0.5, 0.6) is 0 Å². The second kappa shape index (κ2) is 5.48. The van der Waals surface area contributed by atoms with E-state index in [4.69, 9.17) is 0 Å². The van der Waals surface area contributed by atoms with E-state index in [0.29, 0.717) is 6.42 Å². The summed E-state index contributed by atoms with van der Waals surface area (Å²) in [6.45, 7) is 0. The molecular formula is C16H13N3O. The molecule has 2 heterocycles. The van der Waals surface area contributed by atoms with Gasteiger partial charge in [0.2, 0.25) is 0 Å². The van der Waals surface area contributed by atoms with Crippen molar-refractivity contribution in [2.45, 2.75) is 6.42 Å². The lowest BCUT2D eigenvalue weighted by molar-refractivity contribution is -0.107. The van der Waals surface area contributed by atoms with Gasteiger partial charge in [0.1, 0.15) is 12.1 Å². The van der Waals surface area contributed by atoms with Crippen LogP contribution in [0.15, 0.2) is 55.0 Å². The molecule has 0 bridgehead atoms. The fourth-order valence-corrected chi connectivity index (χ4v) is 2.02. The Balaban J connectivity index is 1.83. The molecule has 20 heavy (non-hydrogen) atoms. The molecular weight excluding hydrogens is 250 g/mol. The van der Waals surface area contributed by atoms with E-state index in [1.54, 1.807) is 12.4 Å². The van der Waals surface area contributed by atoms with Crippen LogP contribution in [0.25, 0.3) is 10.8 Å². The lowest BCUT2D eigenvalue weighted by atomic mass is 10.1. The smallest absolute Gasteiger partial charge is 0.130 e. The highest BCUT2D eigenvalue weighted by Gasteiger charge is 1.99. The number of carbonyl (C=O) groups is 1. The molecule has 1 aromatic carbocycles. The third kappa shape index (κ3) is 2.64. The molecule has 4 nitrogen and oxygen atoms in total. The molecule has 2 aromatic heterocycles. The van der Waals surface area contributed by atoms with Gasteiger partial charge in [-0.2, -0.15) is 0 Å². The first-order valence-corrected chi connectivity index (χ1v) is 6.34. The molecule has 0 amide bonds. The van der Waals surface area contributed by atoms with Gasteiger partial charge in [-0.15, -0.1) is 0 Å². The molecule has 0 aliphatic carbocycles. The summed E-state index contributed by atoms with van der Waals surface area (Å²) in [6, 6.07) is 11.8. The number of aldehydes is 1. The Morgan fingerprint density at radius 2 is 2.00 bits per heavy atom. The fraction of sp³-hybridized carbons (Fsp3) is 0.0625. The van der Waals surface area contributed by atoms with Gasteiger partial charge in [-0.3, -0.25) is 4.98 Å². The van der Waals surface area contributed by atoms with E-state index in [2.05, 4.69) is 21.4 Å². The summed E-state index contributed by atoms with van der Waals surface area (Å²) in [4.78, 5) is 18.8. The number of nitrogens with zero attached hydrogens (tertiary/aromatic N) is 2. The molecule has 0 saturated carbocycles. The number of anilines is 2. The minimum atomic E-state index is 0.399. The van der Waals surface area contributed by atoms with E-state index in [-0.39, 0.29) is 0 Å². The minimum absolute atomic E-state index is 0.399. The number of benzene rings is 1. The Labute approximate surface area is 116 Å². The van der Waals surface area contributed by atoms with Crippen LogP contribution < -0.4 is 5.32 Å². The number of carbonyl (C=O) groups excluding carboxylic acids is 1. The molecule has 0 aliphatic rings. The topological polar surface area (TPSA) is 54.9 Å². The van der Waals surface area contributed by atoms with E-state index in [1.165, 1.54) is 0 Å². The SMILES string of the molecule is O=CCc1ccc(Nc2ccc3cnccc3c2)nc1. The average Bonchev–Trinajstić information content (AvgIpc) is 2.49. The summed E-state index contributed by atoms with van der Waals surface area (Å²) in [6.07, 6.45) is 6.60. The molecule has 3 aromatic rings. The van der Waals surface area contributed by atoms with Crippen LogP contribution in [-0.2, 0) is 11.2 Å². The van der Waals surface area contributed by atoms with Crippen molar-refractivity contribution in [1.29, 1.82) is 0 Å². The first kappa shape index (κ1) is 12.3. The largest absolute Gasteiger partial charge is 0.340 e. The second-order valence-electron chi connectivity index (χ2n) is 4.49. The Morgan fingerprint density at radius 1 is 1.05 bits per heavy atom. The van der Waals surface area contributed by atoms with Crippen LogP contribution in [0.3, 0.4) is 0 Å². The van der Waals surface area contributed by atoms with Crippen LogP contribution in [0.4, 0.5) is 11.5 Å². The van der Waals surface area contributed by atoms with Crippen LogP contribution >= 0.6 is 0 Å². The predicted molar refractivity (Wildman–Crippen MR) is 79.0 cm³/mol. The van der Waals surface area contributed by atoms with Gasteiger partial charge in [-0.1, -0.05) is 12.1 Å². The third-order valence-corrected chi connectivity index (χ3v) is 3.06. The summed E-state index contributed by atoms with van der Waals surface area (Å²) in [7, 11) is 0. The Bertz CT molecular complexity index is 738. The normalized spacial score (nSPS) is 10.4. The van der Waals surface area contributed by atoms with Crippen molar-refractivity contribution in [3.05, 3.63) is 60.6 Å². The van der Waals surface area contributed by atoms with Crippen molar-refractivity contribution >= 4 is 28.6 Å². The lowest BCUT2D eigenvalue weighted by Gasteiger charge is -2.07. The van der Waals surface area contributed by atoms with Crippen molar-refractivity contribution in [3.63, 3.8) is 0 Å². The number of hydrogen-bond donors (Lipinski definition) is 1. The molecule has 0 aliphatic heterocycles. The Kier molecular flexibility index (Phi) is 3.37. The summed E-state index contributed by atoms with van der Waals surface area (Å²) >= 11 is 0. The van der Waals surface area contributed by atoms with Gasteiger partial charge >= 0.3 is 0 Å². The first-order chi connectivity index (χ1) is 9.85. The van der Waals surface area contributed by atoms with Crippen LogP contribution in [0, 0.1) is 0 Å². The molecule has 0 radical (unpaired) electrons. The number of pyridine rings is 2. The van der Waals surface area contributed by atoms with Crippen LogP contribution in [0.2, 0.25) is 0 Å². The minimum Gasteiger partial charge on any atom is -0.340 e. The molecule has 3 rings (SSSR count). The fourth-order valence-electron chi connectivity index (χ4n) is 2.02. The van der Waals surface area contributed by atoms with Crippen LogP contribution in [-0.4, -0.2) is 16.3 Å². The monoisotopic (exact) mass is 263 g/mol. The second-order valence-corrected chi connectivity index (χ2v) is 4.49. The molecule has 0 unspecified atom stereocenters. The van der Waals surface area contributed by atoms with Gasteiger partial charge in [0, 0.05) is 36.1 Å². The predicted octanol–water partition coefficient (Wildman–Crippen LogP) is 3.11. The maximum Gasteiger partial charge on any atom is 0.130 e. The maximum atomic E-state index is 10.4. The quantitative estimate of drug-likeness (QED) is 0.735. The zero-order valence-electron chi connectivity index (χ0n) is 10.8. The Morgan fingerprint density at radius 3 is 2.80 bits per heavy atom. The number of fused-ring (bicyclic) bond motifs is 1. The summed E-state index contributed by atoms with van der Waals surface area (Å²) in [5, 5.41) is 5.48. The molecule has 0 spiro atoms. The number of hydrogen-bond acceptors (Lipinski definition) is 4. The van der Waals surface area contributed by atoms with Crippen LogP contribution in [0.1, 0.15) is 5.56 Å². The van der Waals surface area contributed by atoms with E-state index in [0.717, 1.165) is 34.1 Å². The maximum absolute atomic E-state index is 10.4. The molecule has 0 atom stereocenters. The van der Waals surface area contributed by atoms with E-state index < -0.39 is 0 Å². The van der Waals surface area contributed by atoms with Gasteiger partial charge in [0.15, 0.2) is 0 Å².